The number of hydrogen-bond donors (Lipinski definition) is 2. The molecule has 3 heterocycles. The zero-order chi connectivity index (χ0) is 22.7. The number of anilines is 1. The van der Waals surface area contributed by atoms with E-state index in [0.717, 1.165) is 5.56 Å². The molecule has 32 heavy (non-hydrogen) atoms. The average Bonchev–Trinajstić information content (AvgIpc) is 2.81. The fourth-order valence-corrected chi connectivity index (χ4v) is 3.39. The summed E-state index contributed by atoms with van der Waals surface area (Å²) in [6.07, 6.45) is 4.96. The van der Waals surface area contributed by atoms with Gasteiger partial charge in [0, 0.05) is 43.0 Å². The normalized spacial score (nSPS) is 10.9. The number of pyridine rings is 2. The van der Waals surface area contributed by atoms with Gasteiger partial charge in [0.15, 0.2) is 0 Å². The molecule has 7 nitrogen and oxygen atoms in total. The van der Waals surface area contributed by atoms with Crippen molar-refractivity contribution in [1.29, 1.82) is 0 Å². The van der Waals surface area contributed by atoms with Crippen LogP contribution in [-0.2, 0) is 6.42 Å². The van der Waals surface area contributed by atoms with Crippen LogP contribution in [0.15, 0.2) is 49.1 Å². The summed E-state index contributed by atoms with van der Waals surface area (Å²) in [4.78, 5) is 28.8. The predicted octanol–water partition coefficient (Wildman–Crippen LogP) is 3.69. The molecule has 0 saturated carbocycles. The number of aromatic nitrogens is 4. The highest BCUT2D eigenvalue weighted by atomic mass is 19.1. The molecule has 0 saturated heterocycles. The summed E-state index contributed by atoms with van der Waals surface area (Å²) in [6.45, 7) is 2.07. The molecule has 1 aromatic carbocycles. The van der Waals surface area contributed by atoms with E-state index >= 15 is 0 Å². The van der Waals surface area contributed by atoms with Gasteiger partial charge >= 0.3 is 0 Å². The van der Waals surface area contributed by atoms with E-state index in [1.807, 2.05) is 0 Å². The van der Waals surface area contributed by atoms with Gasteiger partial charge in [0.25, 0.3) is 5.91 Å². The molecule has 0 aliphatic heterocycles. The fourth-order valence-electron chi connectivity index (χ4n) is 3.39. The zero-order valence-corrected chi connectivity index (χ0v) is 17.5. The van der Waals surface area contributed by atoms with Crippen molar-refractivity contribution in [3.63, 3.8) is 0 Å². The first-order valence-electron chi connectivity index (χ1n) is 9.94. The number of hydrogen-bond acceptors (Lipinski definition) is 6. The Morgan fingerprint density at radius 3 is 2.66 bits per heavy atom. The van der Waals surface area contributed by atoms with E-state index in [9.17, 15) is 13.6 Å². The fraction of sp³-hybridized carbons (Fsp3) is 0.174. The molecular weight excluding hydrogens is 414 g/mol. The van der Waals surface area contributed by atoms with E-state index < -0.39 is 11.6 Å². The van der Waals surface area contributed by atoms with Crippen LogP contribution in [0.1, 0.15) is 21.6 Å². The van der Waals surface area contributed by atoms with Gasteiger partial charge in [-0.2, -0.15) is 0 Å². The first kappa shape index (κ1) is 21.2. The number of fused-ring (bicyclic) bond motifs is 1. The van der Waals surface area contributed by atoms with E-state index in [-0.39, 0.29) is 16.9 Å². The molecular formula is C23H20F2N6O. The lowest BCUT2D eigenvalue weighted by molar-refractivity contribution is 0.0964. The quantitative estimate of drug-likeness (QED) is 0.481. The molecule has 0 unspecified atom stereocenters. The molecule has 0 aliphatic rings. The van der Waals surface area contributed by atoms with Crippen molar-refractivity contribution in [2.45, 2.75) is 13.3 Å². The molecule has 0 spiro atoms. The van der Waals surface area contributed by atoms with Crippen LogP contribution in [0.4, 0.5) is 14.6 Å². The number of nitrogens with zero attached hydrogens (tertiary/aromatic N) is 4. The molecule has 2 N–H and O–H groups in total. The van der Waals surface area contributed by atoms with E-state index in [0.29, 0.717) is 41.3 Å². The Balaban J connectivity index is 1.53. The standard InChI is InChI=1S/C23H20F2N6O/c1-13-18(25)9-15(11-29-13)19-10-20(31-12-30-19)27-7-5-14-3-4-17(24)21-16(23(32)26-2)6-8-28-22(14)21/h3-4,6,8-12H,5,7H2,1-2H3,(H,26,32)(H,27,30,31). The average molecular weight is 434 g/mol. The van der Waals surface area contributed by atoms with Crippen LogP contribution in [0, 0.1) is 18.6 Å². The monoisotopic (exact) mass is 434 g/mol. The molecule has 4 rings (SSSR count). The summed E-state index contributed by atoms with van der Waals surface area (Å²) >= 11 is 0. The molecule has 4 aromatic rings. The third-order valence-corrected chi connectivity index (χ3v) is 5.08. The molecule has 3 aromatic heterocycles. The Labute approximate surface area is 183 Å². The number of rotatable bonds is 6. The summed E-state index contributed by atoms with van der Waals surface area (Å²) < 4.78 is 28.3. The maximum Gasteiger partial charge on any atom is 0.251 e. The van der Waals surface area contributed by atoms with Crippen LogP contribution < -0.4 is 10.6 Å². The van der Waals surface area contributed by atoms with Crippen LogP contribution in [0.5, 0.6) is 0 Å². The van der Waals surface area contributed by atoms with Crippen LogP contribution in [0.25, 0.3) is 22.2 Å². The predicted molar refractivity (Wildman–Crippen MR) is 117 cm³/mol. The lowest BCUT2D eigenvalue weighted by Gasteiger charge is -2.11. The van der Waals surface area contributed by atoms with E-state index in [1.54, 1.807) is 25.3 Å². The van der Waals surface area contributed by atoms with Crippen LogP contribution in [0.2, 0.25) is 0 Å². The molecule has 1 amide bonds. The Morgan fingerprint density at radius 2 is 1.88 bits per heavy atom. The second kappa shape index (κ2) is 9.01. The number of amides is 1. The van der Waals surface area contributed by atoms with Crippen molar-refractivity contribution in [3.8, 4) is 11.3 Å². The van der Waals surface area contributed by atoms with E-state index in [4.69, 9.17) is 0 Å². The Bertz CT molecular complexity index is 1310. The minimum atomic E-state index is -0.497. The van der Waals surface area contributed by atoms with E-state index in [1.165, 1.54) is 37.8 Å². The Kier molecular flexibility index (Phi) is 5.98. The number of nitrogens with one attached hydrogen (secondary N) is 2. The highest BCUT2D eigenvalue weighted by molar-refractivity contribution is 6.06. The van der Waals surface area contributed by atoms with Gasteiger partial charge in [0.1, 0.15) is 23.8 Å². The lowest BCUT2D eigenvalue weighted by Crippen LogP contribution is -2.18. The number of halogens is 2. The van der Waals surface area contributed by atoms with E-state index in [2.05, 4.69) is 30.6 Å². The summed E-state index contributed by atoms with van der Waals surface area (Å²) in [6, 6.07) is 7.59. The van der Waals surface area contributed by atoms with Gasteiger partial charge in [0.05, 0.1) is 22.5 Å². The zero-order valence-electron chi connectivity index (χ0n) is 17.5. The smallest absolute Gasteiger partial charge is 0.251 e. The van der Waals surface area contributed by atoms with Crippen molar-refractivity contribution in [2.24, 2.45) is 0 Å². The first-order valence-corrected chi connectivity index (χ1v) is 9.94. The van der Waals surface area contributed by atoms with Crippen molar-refractivity contribution >= 4 is 22.6 Å². The van der Waals surface area contributed by atoms with Crippen molar-refractivity contribution < 1.29 is 13.6 Å². The van der Waals surface area contributed by atoms with Gasteiger partial charge in [0.2, 0.25) is 0 Å². The number of carbonyl (C=O) groups is 1. The third kappa shape index (κ3) is 4.22. The Hall–Kier alpha value is -4.01. The maximum absolute atomic E-state index is 14.5. The second-order valence-electron chi connectivity index (χ2n) is 7.12. The maximum atomic E-state index is 14.5. The van der Waals surface area contributed by atoms with Crippen LogP contribution in [-0.4, -0.2) is 39.4 Å². The third-order valence-electron chi connectivity index (χ3n) is 5.08. The summed E-state index contributed by atoms with van der Waals surface area (Å²) in [7, 11) is 1.50. The van der Waals surface area contributed by atoms with Gasteiger partial charge in [-0.15, -0.1) is 0 Å². The van der Waals surface area contributed by atoms with Crippen molar-refractivity contribution in [1.82, 2.24) is 25.3 Å². The minimum absolute atomic E-state index is 0.197. The van der Waals surface area contributed by atoms with Gasteiger partial charge in [-0.3, -0.25) is 14.8 Å². The number of carbonyl (C=O) groups excluding carboxylic acids is 1. The molecule has 0 fully saturated rings. The Morgan fingerprint density at radius 1 is 1.03 bits per heavy atom. The molecule has 0 atom stereocenters. The van der Waals surface area contributed by atoms with Crippen molar-refractivity contribution in [3.05, 3.63) is 77.5 Å². The molecule has 0 radical (unpaired) electrons. The molecule has 0 bridgehead atoms. The van der Waals surface area contributed by atoms with Gasteiger partial charge in [-0.1, -0.05) is 6.07 Å². The van der Waals surface area contributed by atoms with Crippen molar-refractivity contribution in [2.75, 3.05) is 18.9 Å². The van der Waals surface area contributed by atoms with Crippen LogP contribution >= 0.6 is 0 Å². The highest BCUT2D eigenvalue weighted by Gasteiger charge is 2.15. The van der Waals surface area contributed by atoms with Crippen LogP contribution in [0.3, 0.4) is 0 Å². The summed E-state index contributed by atoms with van der Waals surface area (Å²) in [5.74, 6) is -0.714. The molecule has 0 aliphatic carbocycles. The molecule has 162 valence electrons. The van der Waals surface area contributed by atoms with Gasteiger partial charge in [-0.05, 0) is 37.1 Å². The summed E-state index contributed by atoms with van der Waals surface area (Å²) in [5.41, 5.74) is 2.88. The molecule has 9 heteroatoms. The topological polar surface area (TPSA) is 92.7 Å². The highest BCUT2D eigenvalue weighted by Crippen LogP contribution is 2.25. The largest absolute Gasteiger partial charge is 0.370 e. The van der Waals surface area contributed by atoms with Gasteiger partial charge in [-0.25, -0.2) is 18.7 Å². The summed E-state index contributed by atoms with van der Waals surface area (Å²) in [5, 5.41) is 5.91. The number of aryl methyl sites for hydroxylation is 1. The first-order chi connectivity index (χ1) is 15.5. The minimum Gasteiger partial charge on any atom is -0.370 e. The lowest BCUT2D eigenvalue weighted by atomic mass is 10.0. The number of benzene rings is 1. The SMILES string of the molecule is CNC(=O)c1ccnc2c(CCNc3cc(-c4cnc(C)c(F)c4)ncn3)ccc(F)c12. The second-order valence-corrected chi connectivity index (χ2v) is 7.12. The van der Waals surface area contributed by atoms with Gasteiger partial charge < -0.3 is 10.6 Å².